The molecule has 2 aromatic rings. The summed E-state index contributed by atoms with van der Waals surface area (Å²) in [6.07, 6.45) is -1.78. The number of carbonyl (C=O) groups is 1. The summed E-state index contributed by atoms with van der Waals surface area (Å²) in [7, 11) is 0. The smallest absolute Gasteiger partial charge is 0.417 e. The minimum absolute atomic E-state index is 0.0514. The van der Waals surface area contributed by atoms with Crippen molar-refractivity contribution < 1.29 is 22.7 Å². The van der Waals surface area contributed by atoms with E-state index in [1.165, 1.54) is 18.5 Å². The number of aldehydes is 1. The van der Waals surface area contributed by atoms with Gasteiger partial charge in [0.15, 0.2) is 17.9 Å². The normalized spacial score (nSPS) is 11.2. The zero-order valence-electron chi connectivity index (χ0n) is 9.69. The Bertz CT molecular complexity index is 630. The van der Waals surface area contributed by atoms with Gasteiger partial charge in [-0.25, -0.2) is 9.97 Å². The molecule has 1 aromatic carbocycles. The van der Waals surface area contributed by atoms with Crippen LogP contribution in [-0.2, 0) is 6.18 Å². The number of aromatic nitrogens is 2. The van der Waals surface area contributed by atoms with E-state index < -0.39 is 16.8 Å². The van der Waals surface area contributed by atoms with Crippen molar-refractivity contribution in [2.75, 3.05) is 0 Å². The highest BCUT2D eigenvalue weighted by atomic mass is 35.5. The number of hydrogen-bond donors (Lipinski definition) is 0. The Morgan fingerprint density at radius 3 is 2.35 bits per heavy atom. The lowest BCUT2D eigenvalue weighted by atomic mass is 10.2. The van der Waals surface area contributed by atoms with Crippen molar-refractivity contribution in [3.05, 3.63) is 47.0 Å². The molecule has 0 N–H and O–H groups in total. The van der Waals surface area contributed by atoms with Crippen LogP contribution in [0.2, 0.25) is 5.02 Å². The Kier molecular flexibility index (Phi) is 3.89. The van der Waals surface area contributed by atoms with E-state index in [1.807, 2.05) is 0 Å². The molecule has 8 heteroatoms. The molecule has 0 saturated heterocycles. The third-order valence-electron chi connectivity index (χ3n) is 2.23. The molecule has 1 aromatic heterocycles. The minimum Gasteiger partial charge on any atom is -0.454 e. The molecule has 0 aliphatic rings. The average molecular weight is 303 g/mol. The molecule has 0 atom stereocenters. The van der Waals surface area contributed by atoms with Gasteiger partial charge in [0.2, 0.25) is 0 Å². The summed E-state index contributed by atoms with van der Waals surface area (Å²) in [5.41, 5.74) is -0.998. The van der Waals surface area contributed by atoms with Crippen LogP contribution in [0.4, 0.5) is 13.2 Å². The lowest BCUT2D eigenvalue weighted by molar-refractivity contribution is -0.137. The molecule has 0 aliphatic heterocycles. The number of alkyl halides is 3. The fourth-order valence-corrected chi connectivity index (χ4v) is 1.59. The minimum atomic E-state index is -4.58. The molecule has 4 nitrogen and oxygen atoms in total. The van der Waals surface area contributed by atoms with E-state index in [9.17, 15) is 18.0 Å². The Labute approximate surface area is 116 Å². The number of hydrogen-bond acceptors (Lipinski definition) is 4. The van der Waals surface area contributed by atoms with Crippen molar-refractivity contribution in [3.8, 4) is 11.5 Å². The predicted octanol–water partition coefficient (Wildman–Crippen LogP) is 3.75. The fraction of sp³-hybridized carbons (Fsp3) is 0.0833. The summed E-state index contributed by atoms with van der Waals surface area (Å²) in [6.45, 7) is 0. The van der Waals surface area contributed by atoms with Crippen LogP contribution in [0, 0.1) is 0 Å². The maximum absolute atomic E-state index is 12.7. The summed E-state index contributed by atoms with van der Waals surface area (Å²) >= 11 is 5.48. The third kappa shape index (κ3) is 3.24. The summed E-state index contributed by atoms with van der Waals surface area (Å²) in [5, 5.41) is -0.419. The molecule has 104 valence electrons. The second-order valence-electron chi connectivity index (χ2n) is 3.64. The number of benzene rings is 1. The van der Waals surface area contributed by atoms with Gasteiger partial charge in [-0.05, 0) is 18.2 Å². The van der Waals surface area contributed by atoms with Crippen LogP contribution in [0.3, 0.4) is 0 Å². The van der Waals surface area contributed by atoms with Crippen molar-refractivity contribution in [3.63, 3.8) is 0 Å². The molecule has 0 amide bonds. The Morgan fingerprint density at radius 2 is 1.80 bits per heavy atom. The maximum atomic E-state index is 12.7. The molecule has 20 heavy (non-hydrogen) atoms. The molecule has 0 fully saturated rings. The average Bonchev–Trinajstić information content (AvgIpc) is 2.40. The first-order chi connectivity index (χ1) is 9.40. The Morgan fingerprint density at radius 1 is 1.15 bits per heavy atom. The van der Waals surface area contributed by atoms with Gasteiger partial charge in [-0.15, -0.1) is 0 Å². The van der Waals surface area contributed by atoms with E-state index >= 15 is 0 Å². The van der Waals surface area contributed by atoms with E-state index in [2.05, 4.69) is 9.97 Å². The number of ether oxygens (including phenoxy) is 1. The topological polar surface area (TPSA) is 52.1 Å². The van der Waals surface area contributed by atoms with Gasteiger partial charge in [-0.3, -0.25) is 4.79 Å². The Balaban J connectivity index is 2.27. The van der Waals surface area contributed by atoms with Crippen LogP contribution >= 0.6 is 11.6 Å². The van der Waals surface area contributed by atoms with E-state index in [-0.39, 0.29) is 17.3 Å². The molecule has 0 aliphatic carbocycles. The van der Waals surface area contributed by atoms with Crippen LogP contribution in [-0.4, -0.2) is 16.3 Å². The number of carbonyl (C=O) groups excluding carboxylic acids is 1. The van der Waals surface area contributed by atoms with Gasteiger partial charge in [0, 0.05) is 0 Å². The van der Waals surface area contributed by atoms with E-state index in [1.54, 1.807) is 0 Å². The van der Waals surface area contributed by atoms with Crippen molar-refractivity contribution in [1.82, 2.24) is 9.97 Å². The molecule has 1 heterocycles. The van der Waals surface area contributed by atoms with E-state index in [4.69, 9.17) is 16.3 Å². The van der Waals surface area contributed by atoms with Crippen LogP contribution < -0.4 is 4.74 Å². The lowest BCUT2D eigenvalue weighted by Crippen LogP contribution is -2.06. The van der Waals surface area contributed by atoms with Gasteiger partial charge in [0.05, 0.1) is 23.0 Å². The van der Waals surface area contributed by atoms with E-state index in [0.29, 0.717) is 6.29 Å². The monoisotopic (exact) mass is 302 g/mol. The van der Waals surface area contributed by atoms with Crippen LogP contribution in [0.25, 0.3) is 0 Å². The van der Waals surface area contributed by atoms with E-state index in [0.717, 1.165) is 12.1 Å². The maximum Gasteiger partial charge on any atom is 0.417 e. The van der Waals surface area contributed by atoms with Gasteiger partial charge >= 0.3 is 6.18 Å². The molecule has 0 radical (unpaired) electrons. The molecular formula is C12H6ClF3N2O2. The zero-order valence-corrected chi connectivity index (χ0v) is 10.4. The molecule has 0 bridgehead atoms. The summed E-state index contributed by atoms with van der Waals surface area (Å²) in [6, 6.07) is 3.14. The van der Waals surface area contributed by atoms with Crippen LogP contribution in [0.1, 0.15) is 16.2 Å². The number of halogens is 4. The highest BCUT2D eigenvalue weighted by molar-refractivity contribution is 6.31. The predicted molar refractivity (Wildman–Crippen MR) is 63.9 cm³/mol. The van der Waals surface area contributed by atoms with Crippen molar-refractivity contribution in [2.24, 2.45) is 0 Å². The van der Waals surface area contributed by atoms with Crippen molar-refractivity contribution in [1.29, 1.82) is 0 Å². The number of nitrogens with zero attached hydrogens (tertiary/aromatic N) is 2. The highest BCUT2D eigenvalue weighted by Gasteiger charge is 2.33. The van der Waals surface area contributed by atoms with Gasteiger partial charge in [-0.1, -0.05) is 11.6 Å². The van der Waals surface area contributed by atoms with Gasteiger partial charge < -0.3 is 4.74 Å². The summed E-state index contributed by atoms with van der Waals surface area (Å²) < 4.78 is 43.2. The molecule has 2 rings (SSSR count). The van der Waals surface area contributed by atoms with Crippen molar-refractivity contribution >= 4 is 17.9 Å². The van der Waals surface area contributed by atoms with Crippen molar-refractivity contribution in [2.45, 2.75) is 6.18 Å². The summed E-state index contributed by atoms with van der Waals surface area (Å²) in [4.78, 5) is 17.6. The first-order valence-corrected chi connectivity index (χ1v) is 5.60. The highest BCUT2D eigenvalue weighted by Crippen LogP contribution is 2.37. The fourth-order valence-electron chi connectivity index (χ4n) is 1.36. The lowest BCUT2D eigenvalue weighted by Gasteiger charge is -2.11. The molecule has 0 saturated carbocycles. The van der Waals surface area contributed by atoms with Crippen LogP contribution in [0.15, 0.2) is 30.6 Å². The molecular weight excluding hydrogens is 297 g/mol. The second kappa shape index (κ2) is 5.46. The second-order valence-corrected chi connectivity index (χ2v) is 4.04. The third-order valence-corrected chi connectivity index (χ3v) is 2.56. The van der Waals surface area contributed by atoms with Crippen LogP contribution in [0.5, 0.6) is 11.5 Å². The quantitative estimate of drug-likeness (QED) is 0.810. The van der Waals surface area contributed by atoms with Gasteiger partial charge in [0.25, 0.3) is 0 Å². The first kappa shape index (κ1) is 14.3. The first-order valence-electron chi connectivity index (χ1n) is 5.22. The van der Waals surface area contributed by atoms with Gasteiger partial charge in [0.1, 0.15) is 5.75 Å². The molecule has 0 spiro atoms. The SMILES string of the molecule is O=Cc1ncc(Oc2ccc(Cl)c(C(F)(F)F)c2)cn1. The zero-order chi connectivity index (χ0) is 14.8. The largest absolute Gasteiger partial charge is 0.454 e. The van der Waals surface area contributed by atoms with Gasteiger partial charge in [-0.2, -0.15) is 13.2 Å². The standard InChI is InChI=1S/C12H6ClF3N2O2/c13-10-2-1-7(3-9(10)12(14,15)16)20-8-4-17-11(6-19)18-5-8/h1-6H. The molecule has 0 unspecified atom stereocenters. The Hall–Kier alpha value is -2.15. The summed E-state index contributed by atoms with van der Waals surface area (Å²) in [5.74, 6) is -0.0142. The number of rotatable bonds is 3.